The number of anilines is 1. The molecule has 0 aliphatic carbocycles. The molecule has 0 aliphatic heterocycles. The van der Waals surface area contributed by atoms with Crippen molar-refractivity contribution < 1.29 is 9.47 Å². The number of methoxy groups -OCH3 is 2. The lowest BCUT2D eigenvalue weighted by Gasteiger charge is -2.13. The fraction of sp³-hybridized carbons (Fsp3) is 0.412. The Hall–Kier alpha value is -1.75. The summed E-state index contributed by atoms with van der Waals surface area (Å²) in [6.07, 6.45) is 0. The maximum absolute atomic E-state index is 5.33. The Morgan fingerprint density at radius 2 is 1.85 bits per heavy atom. The van der Waals surface area contributed by atoms with Gasteiger partial charge in [-0.3, -0.25) is 4.99 Å². The Bertz CT molecular complexity index is 721. The van der Waals surface area contributed by atoms with E-state index in [-0.39, 0.29) is 24.0 Å². The van der Waals surface area contributed by atoms with Crippen molar-refractivity contribution in [2.45, 2.75) is 13.1 Å². The van der Waals surface area contributed by atoms with Crippen LogP contribution in [0.3, 0.4) is 0 Å². The summed E-state index contributed by atoms with van der Waals surface area (Å²) in [5, 5.41) is 9.59. The SMILES string of the molecule is CN=C(NCc1ccc(OC)c(OC)c1)NCc1csc(N(C)C)n1.I. The molecule has 2 rings (SSSR count). The third-order valence-corrected chi connectivity index (χ3v) is 4.55. The number of hydrogen-bond acceptors (Lipinski definition) is 6. The normalized spacial score (nSPS) is 10.7. The Morgan fingerprint density at radius 3 is 2.42 bits per heavy atom. The zero-order valence-corrected chi connectivity index (χ0v) is 18.8. The first-order valence-corrected chi connectivity index (χ1v) is 8.72. The zero-order valence-electron chi connectivity index (χ0n) is 15.7. The van der Waals surface area contributed by atoms with Crippen molar-refractivity contribution in [2.75, 3.05) is 40.3 Å². The number of hydrogen-bond donors (Lipinski definition) is 2. The Morgan fingerprint density at radius 1 is 1.15 bits per heavy atom. The van der Waals surface area contributed by atoms with Gasteiger partial charge in [-0.1, -0.05) is 6.07 Å². The summed E-state index contributed by atoms with van der Waals surface area (Å²) < 4.78 is 10.6. The molecule has 0 spiro atoms. The lowest BCUT2D eigenvalue weighted by atomic mass is 10.2. The number of nitrogens with zero attached hydrogens (tertiary/aromatic N) is 3. The van der Waals surface area contributed by atoms with E-state index in [0.717, 1.165) is 16.4 Å². The second kappa shape index (κ2) is 11.1. The molecule has 0 unspecified atom stereocenters. The molecule has 0 amide bonds. The molecular weight excluding hydrogens is 465 g/mol. The highest BCUT2D eigenvalue weighted by molar-refractivity contribution is 14.0. The molecule has 0 saturated heterocycles. The van der Waals surface area contributed by atoms with E-state index in [1.54, 1.807) is 32.6 Å². The summed E-state index contributed by atoms with van der Waals surface area (Å²) in [5.41, 5.74) is 2.06. The molecule has 7 nitrogen and oxygen atoms in total. The zero-order chi connectivity index (χ0) is 18.2. The molecule has 1 aromatic heterocycles. The molecule has 0 atom stereocenters. The van der Waals surface area contributed by atoms with Crippen molar-refractivity contribution in [3.8, 4) is 11.5 Å². The molecule has 144 valence electrons. The summed E-state index contributed by atoms with van der Waals surface area (Å²) in [6, 6.07) is 5.83. The van der Waals surface area contributed by atoms with Crippen LogP contribution in [-0.2, 0) is 13.1 Å². The van der Waals surface area contributed by atoms with E-state index in [2.05, 4.69) is 20.6 Å². The predicted molar refractivity (Wildman–Crippen MR) is 118 cm³/mol. The van der Waals surface area contributed by atoms with E-state index in [9.17, 15) is 0 Å². The van der Waals surface area contributed by atoms with Crippen molar-refractivity contribution in [1.82, 2.24) is 15.6 Å². The summed E-state index contributed by atoms with van der Waals surface area (Å²) >= 11 is 1.62. The maximum Gasteiger partial charge on any atom is 0.191 e. The minimum Gasteiger partial charge on any atom is -0.493 e. The monoisotopic (exact) mass is 491 g/mol. The molecule has 0 aliphatic rings. The molecule has 26 heavy (non-hydrogen) atoms. The van der Waals surface area contributed by atoms with Gasteiger partial charge in [-0.15, -0.1) is 35.3 Å². The van der Waals surface area contributed by atoms with Gasteiger partial charge in [-0.2, -0.15) is 0 Å². The second-order valence-corrected chi connectivity index (χ2v) is 6.32. The fourth-order valence-corrected chi connectivity index (χ4v) is 2.91. The highest BCUT2D eigenvalue weighted by atomic mass is 127. The van der Waals surface area contributed by atoms with Gasteiger partial charge in [0, 0.05) is 33.1 Å². The molecular formula is C17H26IN5O2S. The van der Waals surface area contributed by atoms with Crippen LogP contribution in [0, 0.1) is 0 Å². The first-order valence-electron chi connectivity index (χ1n) is 7.84. The Labute approximate surface area is 175 Å². The summed E-state index contributed by atoms with van der Waals surface area (Å²) in [7, 11) is 8.97. The molecule has 1 heterocycles. The van der Waals surface area contributed by atoms with E-state index in [4.69, 9.17) is 9.47 Å². The maximum atomic E-state index is 5.33. The average Bonchev–Trinajstić information content (AvgIpc) is 3.11. The van der Waals surface area contributed by atoms with Gasteiger partial charge in [0.25, 0.3) is 0 Å². The summed E-state index contributed by atoms with van der Waals surface area (Å²) in [4.78, 5) is 10.8. The van der Waals surface area contributed by atoms with Crippen LogP contribution >= 0.6 is 35.3 Å². The third kappa shape index (κ3) is 6.20. The molecule has 0 saturated carbocycles. The highest BCUT2D eigenvalue weighted by Gasteiger charge is 2.07. The molecule has 9 heteroatoms. The number of aromatic nitrogens is 1. The fourth-order valence-electron chi connectivity index (χ4n) is 2.15. The molecule has 2 N–H and O–H groups in total. The van der Waals surface area contributed by atoms with Gasteiger partial charge in [0.15, 0.2) is 22.6 Å². The first-order chi connectivity index (χ1) is 12.1. The van der Waals surface area contributed by atoms with Crippen LogP contribution in [0.5, 0.6) is 11.5 Å². The first kappa shape index (κ1) is 22.3. The number of nitrogens with one attached hydrogen (secondary N) is 2. The van der Waals surface area contributed by atoms with Crippen molar-refractivity contribution in [2.24, 2.45) is 4.99 Å². The third-order valence-electron chi connectivity index (χ3n) is 3.49. The Kier molecular flexibility index (Phi) is 9.49. The van der Waals surface area contributed by atoms with Gasteiger partial charge in [0.1, 0.15) is 0 Å². The number of benzene rings is 1. The van der Waals surface area contributed by atoms with Crippen molar-refractivity contribution in [1.29, 1.82) is 0 Å². The summed E-state index contributed by atoms with van der Waals surface area (Å²) in [6.45, 7) is 1.25. The van der Waals surface area contributed by atoms with Crippen LogP contribution in [0.2, 0.25) is 0 Å². The molecule has 2 aromatic rings. The minimum absolute atomic E-state index is 0. The van der Waals surface area contributed by atoms with Crippen LogP contribution in [0.4, 0.5) is 5.13 Å². The van der Waals surface area contributed by atoms with Gasteiger partial charge in [-0.25, -0.2) is 4.98 Å². The van der Waals surface area contributed by atoms with Gasteiger partial charge < -0.3 is 25.0 Å². The lowest BCUT2D eigenvalue weighted by molar-refractivity contribution is 0.354. The number of ether oxygens (including phenoxy) is 2. The Balaban J connectivity index is 0.00000338. The van der Waals surface area contributed by atoms with E-state index in [1.165, 1.54) is 0 Å². The average molecular weight is 491 g/mol. The lowest BCUT2D eigenvalue weighted by Crippen LogP contribution is -2.36. The van der Waals surface area contributed by atoms with Crippen molar-refractivity contribution in [3.05, 3.63) is 34.8 Å². The molecule has 0 radical (unpaired) electrons. The van der Waals surface area contributed by atoms with E-state index in [0.29, 0.717) is 30.5 Å². The number of aliphatic imine (C=N–C) groups is 1. The number of thiazole rings is 1. The van der Waals surface area contributed by atoms with Crippen LogP contribution in [0.25, 0.3) is 0 Å². The topological polar surface area (TPSA) is 71.0 Å². The predicted octanol–water partition coefficient (Wildman–Crippen LogP) is 2.71. The van der Waals surface area contributed by atoms with E-state index in [1.807, 2.05) is 42.6 Å². The smallest absolute Gasteiger partial charge is 0.191 e. The second-order valence-electron chi connectivity index (χ2n) is 5.48. The standard InChI is InChI=1S/C17H25N5O2S.HI/c1-18-16(20-10-13-11-25-17(21-13)22(2)3)19-9-12-6-7-14(23-4)15(8-12)24-5;/h6-8,11H,9-10H2,1-5H3,(H2,18,19,20);1H. The van der Waals surface area contributed by atoms with Crippen LogP contribution in [0.1, 0.15) is 11.3 Å². The largest absolute Gasteiger partial charge is 0.493 e. The van der Waals surface area contributed by atoms with Crippen LogP contribution in [-0.4, -0.2) is 46.3 Å². The van der Waals surface area contributed by atoms with E-state index >= 15 is 0 Å². The van der Waals surface area contributed by atoms with Crippen LogP contribution in [0.15, 0.2) is 28.6 Å². The molecule has 0 fully saturated rings. The minimum atomic E-state index is 0. The number of guanidine groups is 1. The highest BCUT2D eigenvalue weighted by Crippen LogP contribution is 2.27. The van der Waals surface area contributed by atoms with Gasteiger partial charge in [-0.05, 0) is 17.7 Å². The van der Waals surface area contributed by atoms with Gasteiger partial charge in [0.05, 0.1) is 26.5 Å². The molecule has 1 aromatic carbocycles. The number of halogens is 1. The van der Waals surface area contributed by atoms with E-state index < -0.39 is 0 Å². The summed E-state index contributed by atoms with van der Waals surface area (Å²) in [5.74, 6) is 2.15. The number of rotatable bonds is 7. The quantitative estimate of drug-likeness (QED) is 0.353. The van der Waals surface area contributed by atoms with Gasteiger partial charge >= 0.3 is 0 Å². The molecule has 0 bridgehead atoms. The van der Waals surface area contributed by atoms with Crippen LogP contribution < -0.4 is 25.0 Å². The van der Waals surface area contributed by atoms with Crippen molar-refractivity contribution >= 4 is 46.4 Å². The van der Waals surface area contributed by atoms with Crippen molar-refractivity contribution in [3.63, 3.8) is 0 Å². The van der Waals surface area contributed by atoms with Gasteiger partial charge in [0.2, 0.25) is 0 Å².